The third kappa shape index (κ3) is 4.47. The second-order valence-corrected chi connectivity index (χ2v) is 5.01. The van der Waals surface area contributed by atoms with E-state index in [-0.39, 0.29) is 30.4 Å². The van der Waals surface area contributed by atoms with Crippen LogP contribution < -0.4 is 0 Å². The molecule has 1 aliphatic rings. The number of methoxy groups -OCH3 is 1. The molecule has 112 valence electrons. The molecule has 1 unspecified atom stereocenters. The minimum absolute atomic E-state index is 0.0397. The van der Waals surface area contributed by atoms with Crippen molar-refractivity contribution in [3.05, 3.63) is 11.3 Å². The summed E-state index contributed by atoms with van der Waals surface area (Å²) in [5, 5.41) is 10.1. The van der Waals surface area contributed by atoms with Crippen LogP contribution >= 0.6 is 0 Å². The first kappa shape index (κ1) is 16.4. The Kier molecular flexibility index (Phi) is 6.42. The van der Waals surface area contributed by atoms with Gasteiger partial charge < -0.3 is 9.84 Å². The van der Waals surface area contributed by atoms with Crippen LogP contribution in [0, 0.1) is 0 Å². The van der Waals surface area contributed by atoms with Gasteiger partial charge in [-0.05, 0) is 26.2 Å². The number of esters is 1. The van der Waals surface area contributed by atoms with Crippen molar-refractivity contribution >= 4 is 17.5 Å². The highest BCUT2D eigenvalue weighted by atomic mass is 16.5. The van der Waals surface area contributed by atoms with E-state index in [0.29, 0.717) is 24.1 Å². The zero-order valence-electron chi connectivity index (χ0n) is 12.4. The Morgan fingerprint density at radius 2 is 2.10 bits per heavy atom. The van der Waals surface area contributed by atoms with E-state index in [1.807, 2.05) is 13.8 Å². The average molecular weight is 281 g/mol. The van der Waals surface area contributed by atoms with Crippen molar-refractivity contribution < 1.29 is 19.4 Å². The zero-order valence-corrected chi connectivity index (χ0v) is 12.4. The standard InChI is InChI=1S/C15H23NO4/c1-4-10(2)16-11-6-5-7-12(17)15(11)13(18)8-9-14(19)20-3/h10,18H,4-9H2,1-3H3/b15-13+,16-11?. The largest absolute Gasteiger partial charge is 0.511 e. The Labute approximate surface area is 119 Å². The number of hydrogen-bond acceptors (Lipinski definition) is 5. The number of carbonyl (C=O) groups excluding carboxylic acids is 2. The van der Waals surface area contributed by atoms with E-state index >= 15 is 0 Å². The number of rotatable bonds is 5. The van der Waals surface area contributed by atoms with Crippen LogP contribution in [0.25, 0.3) is 0 Å². The van der Waals surface area contributed by atoms with Gasteiger partial charge in [0.2, 0.25) is 0 Å². The molecule has 1 fully saturated rings. The molecule has 1 saturated carbocycles. The van der Waals surface area contributed by atoms with Crippen molar-refractivity contribution in [2.24, 2.45) is 4.99 Å². The number of aliphatic imine (C=N–C) groups is 1. The van der Waals surface area contributed by atoms with Gasteiger partial charge in [0.1, 0.15) is 5.76 Å². The van der Waals surface area contributed by atoms with Crippen LogP contribution in [-0.2, 0) is 14.3 Å². The molecule has 0 bridgehead atoms. The van der Waals surface area contributed by atoms with Gasteiger partial charge in [0.25, 0.3) is 0 Å². The van der Waals surface area contributed by atoms with Crippen LogP contribution in [0.2, 0.25) is 0 Å². The summed E-state index contributed by atoms with van der Waals surface area (Å²) < 4.78 is 4.54. The lowest BCUT2D eigenvalue weighted by molar-refractivity contribution is -0.140. The second kappa shape index (κ2) is 7.82. The first-order chi connectivity index (χ1) is 9.49. The third-order valence-electron chi connectivity index (χ3n) is 3.43. The average Bonchev–Trinajstić information content (AvgIpc) is 2.44. The van der Waals surface area contributed by atoms with E-state index in [1.54, 1.807) is 0 Å². The molecule has 0 aromatic rings. The number of aliphatic hydroxyl groups is 1. The monoisotopic (exact) mass is 281 g/mol. The fourth-order valence-corrected chi connectivity index (χ4v) is 2.09. The molecule has 0 amide bonds. The topological polar surface area (TPSA) is 76.0 Å². The second-order valence-electron chi connectivity index (χ2n) is 5.01. The summed E-state index contributed by atoms with van der Waals surface area (Å²) in [5.74, 6) is -0.524. The van der Waals surface area contributed by atoms with Gasteiger partial charge in [-0.3, -0.25) is 14.6 Å². The smallest absolute Gasteiger partial charge is 0.305 e. The lowest BCUT2D eigenvalue weighted by atomic mass is 9.89. The minimum Gasteiger partial charge on any atom is -0.511 e. The Bertz CT molecular complexity index is 437. The van der Waals surface area contributed by atoms with Gasteiger partial charge in [-0.1, -0.05) is 6.92 Å². The van der Waals surface area contributed by atoms with E-state index in [0.717, 1.165) is 12.8 Å². The van der Waals surface area contributed by atoms with Crippen molar-refractivity contribution in [3.8, 4) is 0 Å². The highest BCUT2D eigenvalue weighted by Gasteiger charge is 2.25. The number of allylic oxidation sites excluding steroid dienone is 2. The SMILES string of the molecule is CCC(C)N=C1CCCC(=O)/C1=C(/O)CCC(=O)OC. The molecule has 0 radical (unpaired) electrons. The Morgan fingerprint density at radius 3 is 2.70 bits per heavy atom. The number of aliphatic hydroxyl groups excluding tert-OH is 1. The van der Waals surface area contributed by atoms with Crippen molar-refractivity contribution in [3.63, 3.8) is 0 Å². The van der Waals surface area contributed by atoms with Crippen LogP contribution in [0.1, 0.15) is 52.4 Å². The highest BCUT2D eigenvalue weighted by molar-refractivity contribution is 6.24. The summed E-state index contributed by atoms with van der Waals surface area (Å²) in [6.07, 6.45) is 2.96. The van der Waals surface area contributed by atoms with Crippen molar-refractivity contribution in [2.45, 2.75) is 58.4 Å². The lowest BCUT2D eigenvalue weighted by Crippen LogP contribution is -2.23. The van der Waals surface area contributed by atoms with Crippen LogP contribution in [0.5, 0.6) is 0 Å². The number of Topliss-reactive ketones (excluding diaryl/α,β-unsaturated/α-hetero) is 1. The zero-order chi connectivity index (χ0) is 15.1. The Balaban J connectivity index is 2.96. The summed E-state index contributed by atoms with van der Waals surface area (Å²) in [7, 11) is 1.30. The van der Waals surface area contributed by atoms with E-state index < -0.39 is 5.97 Å². The summed E-state index contributed by atoms with van der Waals surface area (Å²) in [5.41, 5.74) is 0.999. The number of nitrogens with zero attached hydrogens (tertiary/aromatic N) is 1. The van der Waals surface area contributed by atoms with Crippen molar-refractivity contribution in [2.75, 3.05) is 7.11 Å². The number of hydrogen-bond donors (Lipinski definition) is 1. The Hall–Kier alpha value is -1.65. The molecule has 1 atom stereocenters. The summed E-state index contributed by atoms with van der Waals surface area (Å²) in [6, 6.07) is 0.124. The van der Waals surface area contributed by atoms with E-state index in [1.165, 1.54) is 7.11 Å². The molecule has 0 aromatic heterocycles. The molecule has 5 nitrogen and oxygen atoms in total. The van der Waals surface area contributed by atoms with Crippen LogP contribution in [0.4, 0.5) is 0 Å². The highest BCUT2D eigenvalue weighted by Crippen LogP contribution is 2.23. The fraction of sp³-hybridized carbons (Fsp3) is 0.667. The molecular formula is C15H23NO4. The fourth-order valence-electron chi connectivity index (χ4n) is 2.09. The molecule has 0 spiro atoms. The first-order valence-corrected chi connectivity index (χ1v) is 7.08. The van der Waals surface area contributed by atoms with Crippen molar-refractivity contribution in [1.29, 1.82) is 0 Å². The van der Waals surface area contributed by atoms with E-state index in [2.05, 4.69) is 9.73 Å². The minimum atomic E-state index is -0.402. The molecule has 0 saturated heterocycles. The third-order valence-corrected chi connectivity index (χ3v) is 3.43. The summed E-state index contributed by atoms with van der Waals surface area (Å²) in [6.45, 7) is 4.01. The summed E-state index contributed by atoms with van der Waals surface area (Å²) in [4.78, 5) is 27.6. The molecular weight excluding hydrogens is 258 g/mol. The van der Waals surface area contributed by atoms with Gasteiger partial charge in [0.05, 0.1) is 19.1 Å². The quantitative estimate of drug-likeness (QED) is 0.477. The van der Waals surface area contributed by atoms with Crippen LogP contribution in [0.15, 0.2) is 16.3 Å². The van der Waals surface area contributed by atoms with Gasteiger partial charge in [0.15, 0.2) is 5.78 Å². The molecule has 0 aromatic carbocycles. The first-order valence-electron chi connectivity index (χ1n) is 7.08. The van der Waals surface area contributed by atoms with Gasteiger partial charge >= 0.3 is 5.97 Å². The normalized spacial score (nSPS) is 21.8. The van der Waals surface area contributed by atoms with E-state index in [4.69, 9.17) is 0 Å². The maximum absolute atomic E-state index is 12.0. The molecule has 1 N–H and O–H groups in total. The lowest BCUT2D eigenvalue weighted by Gasteiger charge is -2.19. The Morgan fingerprint density at radius 1 is 1.40 bits per heavy atom. The molecule has 0 aliphatic heterocycles. The predicted molar refractivity (Wildman–Crippen MR) is 77.0 cm³/mol. The van der Waals surface area contributed by atoms with Gasteiger partial charge in [-0.2, -0.15) is 0 Å². The summed E-state index contributed by atoms with van der Waals surface area (Å²) >= 11 is 0. The number of ketones is 1. The van der Waals surface area contributed by atoms with Gasteiger partial charge in [0, 0.05) is 24.6 Å². The van der Waals surface area contributed by atoms with E-state index in [9.17, 15) is 14.7 Å². The number of carbonyl (C=O) groups is 2. The molecule has 0 heterocycles. The molecule has 1 aliphatic carbocycles. The predicted octanol–water partition coefficient (Wildman–Crippen LogP) is 2.74. The maximum Gasteiger partial charge on any atom is 0.305 e. The van der Waals surface area contributed by atoms with Crippen LogP contribution in [0.3, 0.4) is 0 Å². The maximum atomic E-state index is 12.0. The van der Waals surface area contributed by atoms with Crippen LogP contribution in [-0.4, -0.2) is 35.7 Å². The van der Waals surface area contributed by atoms with Crippen molar-refractivity contribution in [1.82, 2.24) is 0 Å². The molecule has 1 rings (SSSR count). The molecule has 5 heteroatoms. The van der Waals surface area contributed by atoms with Gasteiger partial charge in [-0.25, -0.2) is 0 Å². The number of ether oxygens (including phenoxy) is 1. The molecule has 20 heavy (non-hydrogen) atoms. The van der Waals surface area contributed by atoms with Gasteiger partial charge in [-0.15, -0.1) is 0 Å².